The van der Waals surface area contributed by atoms with Crippen LogP contribution in [0.15, 0.2) is 46.0 Å². The second-order valence-electron chi connectivity index (χ2n) is 7.51. The molecule has 0 unspecified atom stereocenters. The molecule has 2 aromatic rings. The summed E-state index contributed by atoms with van der Waals surface area (Å²) in [6, 6.07) is 8.77. The number of thioether (sulfide) groups is 1. The minimum absolute atomic E-state index is 0.0478. The number of amidine groups is 2. The van der Waals surface area contributed by atoms with Gasteiger partial charge in [-0.1, -0.05) is 23.2 Å². The first-order chi connectivity index (χ1) is 16.8. The Balaban J connectivity index is 1.50. The molecule has 0 aromatic heterocycles. The van der Waals surface area contributed by atoms with Crippen molar-refractivity contribution >= 4 is 63.0 Å². The standard InChI is InChI=1S/C24H22Cl2N4O4S/c1-4-32-20-12-15(10-17-22(27)30-24(28-23(17)31)35-14(3)29-30)11-19(26)21(20)34-8-7-33-16-5-6-18(25)13(2)9-16/h5-6,9-12,27H,4,7-8H2,1-3H3/b17-10+,27-22?. The molecular weight excluding hydrogens is 511 g/mol. The maximum Gasteiger partial charge on any atom is 0.283 e. The maximum atomic E-state index is 12.6. The Bertz CT molecular complexity index is 1290. The molecule has 11 heteroatoms. The van der Waals surface area contributed by atoms with Crippen LogP contribution in [-0.4, -0.2) is 46.8 Å². The number of amides is 1. The monoisotopic (exact) mass is 532 g/mol. The van der Waals surface area contributed by atoms with Gasteiger partial charge in [0.1, 0.15) is 19.0 Å². The summed E-state index contributed by atoms with van der Waals surface area (Å²) in [6.07, 6.45) is 1.54. The lowest BCUT2D eigenvalue weighted by Crippen LogP contribution is -2.35. The van der Waals surface area contributed by atoms with Crippen molar-refractivity contribution in [3.63, 3.8) is 0 Å². The van der Waals surface area contributed by atoms with Gasteiger partial charge in [0.05, 0.1) is 22.2 Å². The van der Waals surface area contributed by atoms with Gasteiger partial charge >= 0.3 is 0 Å². The van der Waals surface area contributed by atoms with Crippen molar-refractivity contribution in [2.45, 2.75) is 20.8 Å². The largest absolute Gasteiger partial charge is 0.490 e. The van der Waals surface area contributed by atoms with Crippen LogP contribution in [0.3, 0.4) is 0 Å². The number of ether oxygens (including phenoxy) is 3. The number of hydrogen-bond donors (Lipinski definition) is 1. The summed E-state index contributed by atoms with van der Waals surface area (Å²) in [4.78, 5) is 16.6. The lowest BCUT2D eigenvalue weighted by atomic mass is 10.1. The first-order valence-corrected chi connectivity index (χ1v) is 12.3. The van der Waals surface area contributed by atoms with E-state index in [1.807, 2.05) is 19.9 Å². The molecule has 4 rings (SSSR count). The summed E-state index contributed by atoms with van der Waals surface area (Å²) < 4.78 is 17.3. The van der Waals surface area contributed by atoms with Gasteiger partial charge in [0.25, 0.3) is 5.91 Å². The highest BCUT2D eigenvalue weighted by molar-refractivity contribution is 8.26. The fraction of sp³-hybridized carbons (Fsp3) is 0.250. The van der Waals surface area contributed by atoms with E-state index in [0.717, 1.165) is 5.56 Å². The maximum absolute atomic E-state index is 12.6. The molecule has 0 aliphatic carbocycles. The van der Waals surface area contributed by atoms with Crippen LogP contribution in [0.1, 0.15) is 25.0 Å². The van der Waals surface area contributed by atoms with Crippen LogP contribution >= 0.6 is 35.0 Å². The van der Waals surface area contributed by atoms with Gasteiger partial charge in [-0.2, -0.15) is 15.1 Å². The van der Waals surface area contributed by atoms with Crippen molar-refractivity contribution in [2.24, 2.45) is 10.1 Å². The Morgan fingerprint density at radius 3 is 2.60 bits per heavy atom. The highest BCUT2D eigenvalue weighted by atomic mass is 35.5. The normalized spacial score (nSPS) is 16.3. The number of carbonyl (C=O) groups excluding carboxylic acids is 1. The van der Waals surface area contributed by atoms with Gasteiger partial charge in [-0.15, -0.1) is 0 Å². The number of hydrazone groups is 1. The number of nitrogens with zero attached hydrogens (tertiary/aromatic N) is 3. The van der Waals surface area contributed by atoms with Crippen LogP contribution < -0.4 is 14.2 Å². The lowest BCUT2D eigenvalue weighted by Gasteiger charge is -2.20. The van der Waals surface area contributed by atoms with E-state index >= 15 is 0 Å². The number of halogens is 2. The first kappa shape index (κ1) is 25.1. The molecule has 2 aliphatic rings. The second-order valence-corrected chi connectivity index (χ2v) is 9.48. The summed E-state index contributed by atoms with van der Waals surface area (Å²) >= 11 is 13.8. The average molecular weight is 533 g/mol. The summed E-state index contributed by atoms with van der Waals surface area (Å²) in [7, 11) is 0. The zero-order chi connectivity index (χ0) is 25.1. The summed E-state index contributed by atoms with van der Waals surface area (Å²) in [5.74, 6) is 0.915. The molecule has 0 saturated heterocycles. The Kier molecular flexibility index (Phi) is 7.69. The van der Waals surface area contributed by atoms with E-state index in [-0.39, 0.29) is 24.6 Å². The molecule has 1 N–H and O–H groups in total. The highest BCUT2D eigenvalue weighted by Crippen LogP contribution is 2.38. The molecule has 182 valence electrons. The number of aliphatic imine (C=N–C) groups is 1. The number of fused-ring (bicyclic) bond motifs is 1. The summed E-state index contributed by atoms with van der Waals surface area (Å²) in [5, 5.41) is 16.1. The minimum atomic E-state index is -0.511. The van der Waals surface area contributed by atoms with Crippen LogP contribution in [0.2, 0.25) is 10.0 Å². The Morgan fingerprint density at radius 2 is 1.86 bits per heavy atom. The summed E-state index contributed by atoms with van der Waals surface area (Å²) in [5.41, 5.74) is 1.60. The van der Waals surface area contributed by atoms with Gasteiger partial charge < -0.3 is 14.2 Å². The Hall–Kier alpha value is -3.01. The number of hydrogen-bond acceptors (Lipinski definition) is 7. The van der Waals surface area contributed by atoms with E-state index in [9.17, 15) is 4.79 Å². The Morgan fingerprint density at radius 1 is 1.09 bits per heavy atom. The van der Waals surface area contributed by atoms with Crippen molar-refractivity contribution in [2.75, 3.05) is 19.8 Å². The number of rotatable bonds is 8. The zero-order valence-electron chi connectivity index (χ0n) is 19.2. The molecule has 35 heavy (non-hydrogen) atoms. The Labute approximate surface area is 217 Å². The van der Waals surface area contributed by atoms with Gasteiger partial charge in [-0.05, 0) is 80.1 Å². The smallest absolute Gasteiger partial charge is 0.283 e. The predicted octanol–water partition coefficient (Wildman–Crippen LogP) is 5.80. The third kappa shape index (κ3) is 5.63. The lowest BCUT2D eigenvalue weighted by molar-refractivity contribution is -0.114. The van der Waals surface area contributed by atoms with Gasteiger partial charge in [-0.25, -0.2) is 0 Å². The van der Waals surface area contributed by atoms with Crippen molar-refractivity contribution < 1.29 is 19.0 Å². The van der Waals surface area contributed by atoms with Gasteiger partial charge in [0.2, 0.25) is 5.17 Å². The van der Waals surface area contributed by atoms with E-state index in [1.54, 1.807) is 37.3 Å². The molecule has 1 amide bonds. The van der Waals surface area contributed by atoms with Crippen molar-refractivity contribution in [1.29, 1.82) is 5.41 Å². The molecule has 0 spiro atoms. The number of aryl methyl sites for hydroxylation is 1. The second kappa shape index (κ2) is 10.7. The number of benzene rings is 2. The minimum Gasteiger partial charge on any atom is -0.490 e. The molecule has 2 aromatic carbocycles. The highest BCUT2D eigenvalue weighted by Gasteiger charge is 2.34. The predicted molar refractivity (Wildman–Crippen MR) is 140 cm³/mol. The van der Waals surface area contributed by atoms with Crippen LogP contribution in [0, 0.1) is 12.3 Å². The topological polar surface area (TPSA) is 96.6 Å². The molecule has 0 bridgehead atoms. The van der Waals surface area contributed by atoms with Crippen LogP contribution in [0.25, 0.3) is 6.08 Å². The molecule has 0 atom stereocenters. The van der Waals surface area contributed by atoms with Crippen molar-refractivity contribution in [3.8, 4) is 17.2 Å². The van der Waals surface area contributed by atoms with Crippen molar-refractivity contribution in [1.82, 2.24) is 5.01 Å². The zero-order valence-corrected chi connectivity index (χ0v) is 21.6. The van der Waals surface area contributed by atoms with E-state index in [2.05, 4.69) is 10.1 Å². The quantitative estimate of drug-likeness (QED) is 0.341. The van der Waals surface area contributed by atoms with Gasteiger partial charge in [-0.3, -0.25) is 10.2 Å². The average Bonchev–Trinajstić information content (AvgIpc) is 3.18. The first-order valence-electron chi connectivity index (χ1n) is 10.7. The fourth-order valence-corrected chi connectivity index (χ4v) is 4.46. The molecular formula is C24H22Cl2N4O4S. The van der Waals surface area contributed by atoms with E-state index < -0.39 is 5.91 Å². The van der Waals surface area contributed by atoms with E-state index in [0.29, 0.717) is 49.7 Å². The molecule has 2 heterocycles. The molecule has 0 radical (unpaired) electrons. The molecule has 0 saturated carbocycles. The van der Waals surface area contributed by atoms with E-state index in [1.165, 1.54) is 16.8 Å². The molecule has 0 fully saturated rings. The van der Waals surface area contributed by atoms with Crippen LogP contribution in [0.4, 0.5) is 0 Å². The number of carbonyl (C=O) groups is 1. The third-order valence-electron chi connectivity index (χ3n) is 4.93. The molecule has 8 nitrogen and oxygen atoms in total. The fourth-order valence-electron chi connectivity index (χ4n) is 3.34. The van der Waals surface area contributed by atoms with Gasteiger partial charge in [0, 0.05) is 5.02 Å². The summed E-state index contributed by atoms with van der Waals surface area (Å²) in [6.45, 7) is 6.44. The van der Waals surface area contributed by atoms with Crippen LogP contribution in [-0.2, 0) is 4.79 Å². The van der Waals surface area contributed by atoms with Crippen LogP contribution in [0.5, 0.6) is 17.2 Å². The molecule has 2 aliphatic heterocycles. The van der Waals surface area contributed by atoms with E-state index in [4.69, 9.17) is 42.8 Å². The SMILES string of the molecule is CCOc1cc(/C=C2\C(=N)N3N=C(C)SC3=NC2=O)cc(Cl)c1OCCOc1ccc(Cl)c(C)c1. The van der Waals surface area contributed by atoms with Gasteiger partial charge in [0.15, 0.2) is 17.3 Å². The third-order valence-corrected chi connectivity index (χ3v) is 6.45. The van der Waals surface area contributed by atoms with Crippen molar-refractivity contribution in [3.05, 3.63) is 57.1 Å². The number of nitrogens with one attached hydrogen (secondary N) is 1.